The fourth-order valence-corrected chi connectivity index (χ4v) is 3.21. The lowest BCUT2D eigenvalue weighted by Crippen LogP contribution is -2.04. The molecule has 0 fully saturated rings. The molecule has 1 heterocycles. The van der Waals surface area contributed by atoms with Gasteiger partial charge in [0.25, 0.3) is 0 Å². The maximum absolute atomic E-state index is 12.0. The molecular weight excluding hydrogens is 406 g/mol. The number of aromatic hydroxyl groups is 2. The fourth-order valence-electron chi connectivity index (χ4n) is 3.21. The van der Waals surface area contributed by atoms with Crippen LogP contribution in [0.2, 0.25) is 0 Å². The molecule has 0 spiro atoms. The van der Waals surface area contributed by atoms with Crippen molar-refractivity contribution in [2.24, 2.45) is 0 Å². The van der Waals surface area contributed by atoms with E-state index in [0.29, 0.717) is 34.7 Å². The molecule has 0 bridgehead atoms. The largest absolute Gasteiger partial charge is 0.507 e. The van der Waals surface area contributed by atoms with E-state index in [1.54, 1.807) is 67.6 Å². The number of carbonyl (C=O) groups excluding carboxylic acids is 1. The van der Waals surface area contributed by atoms with Crippen LogP contribution >= 0.6 is 0 Å². The van der Waals surface area contributed by atoms with Gasteiger partial charge < -0.3 is 14.9 Å². The first-order chi connectivity index (χ1) is 15.5. The van der Waals surface area contributed by atoms with Crippen molar-refractivity contribution >= 4 is 5.97 Å². The second kappa shape index (κ2) is 8.85. The summed E-state index contributed by atoms with van der Waals surface area (Å²) in [6, 6.07) is 18.7. The molecule has 0 unspecified atom stereocenters. The number of hydrogen-bond acceptors (Lipinski definition) is 7. The molecule has 0 aliphatic heterocycles. The summed E-state index contributed by atoms with van der Waals surface area (Å²) in [6.07, 6.45) is 0. The molecule has 2 N–H and O–H groups in total. The molecule has 0 atom stereocenters. The molecule has 3 aromatic carbocycles. The molecule has 1 aromatic heterocycles. The first-order valence-electron chi connectivity index (χ1n) is 10.1. The van der Waals surface area contributed by atoms with Crippen LogP contribution in [0.15, 0.2) is 66.7 Å². The molecule has 7 heteroatoms. The van der Waals surface area contributed by atoms with Crippen LogP contribution in [-0.4, -0.2) is 37.7 Å². The Labute approximate surface area is 185 Å². The summed E-state index contributed by atoms with van der Waals surface area (Å²) in [5.41, 5.74) is 2.84. The number of esters is 1. The molecule has 7 nitrogen and oxygen atoms in total. The number of phenolic OH excluding ortho intramolecular Hbond substituents is 2. The number of rotatable bonds is 5. The predicted octanol–water partition coefficient (Wildman–Crippen LogP) is 4.77. The number of hydrogen-bond donors (Lipinski definition) is 2. The normalized spacial score (nSPS) is 10.7. The second-order valence-electron chi connectivity index (χ2n) is 7.14. The van der Waals surface area contributed by atoms with E-state index in [1.807, 2.05) is 13.0 Å². The third kappa shape index (κ3) is 4.27. The van der Waals surface area contributed by atoms with Gasteiger partial charge in [0.15, 0.2) is 17.5 Å². The molecule has 0 amide bonds. The van der Waals surface area contributed by atoms with Gasteiger partial charge in [0.05, 0.1) is 23.3 Å². The van der Waals surface area contributed by atoms with Crippen LogP contribution in [0.5, 0.6) is 11.5 Å². The molecule has 32 heavy (non-hydrogen) atoms. The lowest BCUT2D eigenvalue weighted by Gasteiger charge is -2.10. The molecule has 4 rings (SSSR count). The van der Waals surface area contributed by atoms with Gasteiger partial charge in [0, 0.05) is 5.56 Å². The predicted molar refractivity (Wildman–Crippen MR) is 120 cm³/mol. The highest BCUT2D eigenvalue weighted by Crippen LogP contribution is 2.32. The summed E-state index contributed by atoms with van der Waals surface area (Å²) in [6.45, 7) is 3.92. The van der Waals surface area contributed by atoms with Gasteiger partial charge >= 0.3 is 5.97 Å². The van der Waals surface area contributed by atoms with Crippen LogP contribution in [0, 0.1) is 6.92 Å². The molecular formula is C25H21N3O4. The zero-order valence-corrected chi connectivity index (χ0v) is 17.6. The lowest BCUT2D eigenvalue weighted by molar-refractivity contribution is 0.0526. The van der Waals surface area contributed by atoms with Crippen LogP contribution in [0.3, 0.4) is 0 Å². The van der Waals surface area contributed by atoms with Gasteiger partial charge in [-0.25, -0.2) is 19.7 Å². The van der Waals surface area contributed by atoms with Crippen LogP contribution in [0.25, 0.3) is 34.2 Å². The van der Waals surface area contributed by atoms with Crippen molar-refractivity contribution in [2.45, 2.75) is 13.8 Å². The fraction of sp³-hybridized carbons (Fsp3) is 0.120. The first-order valence-corrected chi connectivity index (χ1v) is 10.1. The summed E-state index contributed by atoms with van der Waals surface area (Å²) in [7, 11) is 0. The summed E-state index contributed by atoms with van der Waals surface area (Å²) in [4.78, 5) is 25.5. The highest BCUT2D eigenvalue weighted by atomic mass is 16.5. The molecule has 4 aromatic rings. The third-order valence-electron chi connectivity index (χ3n) is 4.83. The summed E-state index contributed by atoms with van der Waals surface area (Å²) >= 11 is 0. The van der Waals surface area contributed by atoms with Crippen molar-refractivity contribution in [2.75, 3.05) is 6.61 Å². The van der Waals surface area contributed by atoms with E-state index >= 15 is 0 Å². The number of ether oxygens (including phenoxy) is 1. The molecule has 160 valence electrons. The molecule has 0 aliphatic rings. The SMILES string of the molecule is CCOC(=O)c1ccc(-c2nc(-c3ccccc3O)nc(-c3ccc(C)cc3O)n2)cc1. The maximum Gasteiger partial charge on any atom is 0.338 e. The minimum absolute atomic E-state index is 0.0291. The van der Waals surface area contributed by atoms with E-state index in [0.717, 1.165) is 5.56 Å². The quantitative estimate of drug-likeness (QED) is 0.442. The van der Waals surface area contributed by atoms with Gasteiger partial charge in [-0.2, -0.15) is 0 Å². The van der Waals surface area contributed by atoms with Crippen molar-refractivity contribution in [3.63, 3.8) is 0 Å². The topological polar surface area (TPSA) is 105 Å². The molecule has 0 saturated heterocycles. The number of nitrogens with zero attached hydrogens (tertiary/aromatic N) is 3. The van der Waals surface area contributed by atoms with Crippen LogP contribution < -0.4 is 0 Å². The molecule has 0 aliphatic carbocycles. The summed E-state index contributed by atoms with van der Waals surface area (Å²) in [5.74, 6) is 0.528. The lowest BCUT2D eigenvalue weighted by atomic mass is 10.1. The van der Waals surface area contributed by atoms with Crippen LogP contribution in [0.1, 0.15) is 22.8 Å². The van der Waals surface area contributed by atoms with Gasteiger partial charge in [-0.15, -0.1) is 0 Å². The van der Waals surface area contributed by atoms with Crippen LogP contribution in [-0.2, 0) is 4.74 Å². The number of carbonyl (C=O) groups is 1. The Balaban J connectivity index is 1.86. The maximum atomic E-state index is 12.0. The van der Waals surface area contributed by atoms with Gasteiger partial charge in [-0.1, -0.05) is 30.3 Å². The average molecular weight is 427 g/mol. The van der Waals surface area contributed by atoms with Gasteiger partial charge in [0.2, 0.25) is 0 Å². The van der Waals surface area contributed by atoms with E-state index in [2.05, 4.69) is 15.0 Å². The highest BCUT2D eigenvalue weighted by Gasteiger charge is 2.17. The zero-order chi connectivity index (χ0) is 22.7. The Morgan fingerprint density at radius 2 is 1.44 bits per heavy atom. The number of phenols is 2. The van der Waals surface area contributed by atoms with Crippen LogP contribution in [0.4, 0.5) is 0 Å². The minimum atomic E-state index is -0.408. The summed E-state index contributed by atoms with van der Waals surface area (Å²) in [5, 5.41) is 20.8. The Morgan fingerprint density at radius 3 is 2.06 bits per heavy atom. The van der Waals surface area contributed by atoms with Crippen molar-refractivity contribution in [3.8, 4) is 45.7 Å². The van der Waals surface area contributed by atoms with E-state index in [-0.39, 0.29) is 23.1 Å². The van der Waals surface area contributed by atoms with Gasteiger partial charge in [0.1, 0.15) is 11.5 Å². The summed E-state index contributed by atoms with van der Waals surface area (Å²) < 4.78 is 5.03. The standard InChI is InChI=1S/C25H21N3O4/c1-3-32-25(31)17-11-9-16(10-12-17)22-26-23(18-6-4-5-7-20(18)29)28-24(27-22)19-13-8-15(2)14-21(19)30/h4-14,29-30H,3H2,1-2H3. The van der Waals surface area contributed by atoms with Crippen molar-refractivity contribution in [1.82, 2.24) is 15.0 Å². The zero-order valence-electron chi connectivity index (χ0n) is 17.6. The second-order valence-corrected chi connectivity index (χ2v) is 7.14. The Hall–Kier alpha value is -4.26. The highest BCUT2D eigenvalue weighted by molar-refractivity contribution is 5.90. The smallest absolute Gasteiger partial charge is 0.338 e. The van der Waals surface area contributed by atoms with E-state index in [1.165, 1.54) is 0 Å². The van der Waals surface area contributed by atoms with E-state index in [4.69, 9.17) is 4.74 Å². The van der Waals surface area contributed by atoms with Crippen molar-refractivity contribution in [3.05, 3.63) is 77.9 Å². The Morgan fingerprint density at radius 1 is 0.812 bits per heavy atom. The van der Waals surface area contributed by atoms with Gasteiger partial charge in [-0.05, 0) is 55.8 Å². The van der Waals surface area contributed by atoms with E-state index < -0.39 is 5.97 Å². The number of para-hydroxylation sites is 1. The number of benzene rings is 3. The average Bonchev–Trinajstić information content (AvgIpc) is 2.79. The number of aryl methyl sites for hydroxylation is 1. The van der Waals surface area contributed by atoms with Crippen molar-refractivity contribution in [1.29, 1.82) is 0 Å². The Kier molecular flexibility index (Phi) is 5.81. The molecule has 0 saturated carbocycles. The monoisotopic (exact) mass is 427 g/mol. The Bertz CT molecular complexity index is 1290. The van der Waals surface area contributed by atoms with Gasteiger partial charge in [-0.3, -0.25) is 0 Å². The van der Waals surface area contributed by atoms with Crippen molar-refractivity contribution < 1.29 is 19.7 Å². The van der Waals surface area contributed by atoms with E-state index in [9.17, 15) is 15.0 Å². The third-order valence-corrected chi connectivity index (χ3v) is 4.83. The molecule has 0 radical (unpaired) electrons. The number of aromatic nitrogens is 3. The first kappa shape index (κ1) is 21.0. The minimum Gasteiger partial charge on any atom is -0.507 e.